The van der Waals surface area contributed by atoms with Gasteiger partial charge in [-0.25, -0.2) is 0 Å². The number of carbonyl (C=O) groups is 1. The zero-order chi connectivity index (χ0) is 18.5. The fraction of sp³-hybridized carbons (Fsp3) is 0.286. The zero-order valence-corrected chi connectivity index (χ0v) is 15.1. The van der Waals surface area contributed by atoms with E-state index in [1.165, 1.54) is 0 Å². The standard InChI is InChI=1S/C21H24N2O3/c1-25-16-9-14(10-17(12-16)26-2)7-8-21(24)19(22)11-15-13-23-20-6-4-3-5-18(15)20/h3-6,9-10,12-13,19,23H,7-8,11,22H2,1-2H3. The largest absolute Gasteiger partial charge is 0.497 e. The highest BCUT2D eigenvalue weighted by Crippen LogP contribution is 2.24. The lowest BCUT2D eigenvalue weighted by Crippen LogP contribution is -2.32. The Bertz CT molecular complexity index is 879. The normalized spacial score (nSPS) is 12.1. The van der Waals surface area contributed by atoms with Gasteiger partial charge in [0.15, 0.2) is 0 Å². The highest BCUT2D eigenvalue weighted by atomic mass is 16.5. The van der Waals surface area contributed by atoms with Crippen LogP contribution in [-0.2, 0) is 17.6 Å². The Hall–Kier alpha value is -2.79. The summed E-state index contributed by atoms with van der Waals surface area (Å²) in [5.74, 6) is 1.49. The maximum absolute atomic E-state index is 12.5. The van der Waals surface area contributed by atoms with Gasteiger partial charge in [-0.05, 0) is 42.2 Å². The highest BCUT2D eigenvalue weighted by Gasteiger charge is 2.16. The number of carbonyl (C=O) groups excluding carboxylic acids is 1. The summed E-state index contributed by atoms with van der Waals surface area (Å²) >= 11 is 0. The molecule has 0 saturated carbocycles. The van der Waals surface area contributed by atoms with Crippen molar-refractivity contribution in [3.05, 3.63) is 59.8 Å². The topological polar surface area (TPSA) is 77.3 Å². The minimum absolute atomic E-state index is 0.0528. The number of Topliss-reactive ketones (excluding diaryl/α,β-unsaturated/α-hetero) is 1. The molecule has 0 amide bonds. The number of aryl methyl sites for hydroxylation is 1. The van der Waals surface area contributed by atoms with Gasteiger partial charge in [0.05, 0.1) is 20.3 Å². The predicted molar refractivity (Wildman–Crippen MR) is 103 cm³/mol. The molecule has 3 aromatic rings. The molecule has 0 spiro atoms. The van der Waals surface area contributed by atoms with Crippen molar-refractivity contribution in [2.45, 2.75) is 25.3 Å². The predicted octanol–water partition coefficient (Wildman–Crippen LogP) is 3.26. The number of aromatic amines is 1. The van der Waals surface area contributed by atoms with Crippen LogP contribution in [-0.4, -0.2) is 31.0 Å². The van der Waals surface area contributed by atoms with Gasteiger partial charge in [-0.1, -0.05) is 18.2 Å². The number of aromatic nitrogens is 1. The van der Waals surface area contributed by atoms with Crippen molar-refractivity contribution in [2.24, 2.45) is 5.73 Å². The lowest BCUT2D eigenvalue weighted by molar-refractivity contribution is -0.120. The number of ketones is 1. The maximum Gasteiger partial charge on any atom is 0.150 e. The number of hydrogen-bond donors (Lipinski definition) is 2. The van der Waals surface area contributed by atoms with Crippen molar-refractivity contribution in [3.63, 3.8) is 0 Å². The minimum atomic E-state index is -0.512. The number of nitrogens with two attached hydrogens (primary N) is 1. The first kappa shape index (κ1) is 18.0. The SMILES string of the molecule is COc1cc(CCC(=O)C(N)Cc2c[nH]c3ccccc23)cc(OC)c1. The number of ether oxygens (including phenoxy) is 2. The molecule has 1 atom stereocenters. The van der Waals surface area contributed by atoms with Crippen molar-refractivity contribution in [1.29, 1.82) is 0 Å². The number of para-hydroxylation sites is 1. The quantitative estimate of drug-likeness (QED) is 0.652. The number of fused-ring (bicyclic) bond motifs is 1. The molecule has 0 fully saturated rings. The van der Waals surface area contributed by atoms with Gasteiger partial charge in [-0.15, -0.1) is 0 Å². The third kappa shape index (κ3) is 4.06. The van der Waals surface area contributed by atoms with Crippen LogP contribution in [0.1, 0.15) is 17.5 Å². The molecule has 5 nitrogen and oxygen atoms in total. The van der Waals surface area contributed by atoms with E-state index in [4.69, 9.17) is 15.2 Å². The van der Waals surface area contributed by atoms with Gasteiger partial charge >= 0.3 is 0 Å². The van der Waals surface area contributed by atoms with E-state index in [-0.39, 0.29) is 5.78 Å². The van der Waals surface area contributed by atoms with E-state index in [0.717, 1.165) is 33.5 Å². The van der Waals surface area contributed by atoms with E-state index < -0.39 is 6.04 Å². The Morgan fingerprint density at radius 1 is 1.12 bits per heavy atom. The molecule has 0 aliphatic heterocycles. The van der Waals surface area contributed by atoms with Crippen LogP contribution in [0.3, 0.4) is 0 Å². The summed E-state index contributed by atoms with van der Waals surface area (Å²) in [6.45, 7) is 0. The molecule has 0 bridgehead atoms. The van der Waals surface area contributed by atoms with E-state index in [0.29, 0.717) is 19.3 Å². The fourth-order valence-electron chi connectivity index (χ4n) is 3.11. The summed E-state index contributed by atoms with van der Waals surface area (Å²) in [6, 6.07) is 13.2. The molecule has 0 saturated heterocycles. The second-order valence-corrected chi connectivity index (χ2v) is 6.36. The first-order chi connectivity index (χ1) is 12.6. The lowest BCUT2D eigenvalue weighted by Gasteiger charge is -2.11. The molecule has 136 valence electrons. The smallest absolute Gasteiger partial charge is 0.150 e. The molecule has 3 rings (SSSR count). The molecule has 2 aromatic carbocycles. The Balaban J connectivity index is 1.63. The van der Waals surface area contributed by atoms with Crippen LogP contribution in [0.15, 0.2) is 48.7 Å². The molecular formula is C21H24N2O3. The monoisotopic (exact) mass is 352 g/mol. The molecule has 3 N–H and O–H groups in total. The van der Waals surface area contributed by atoms with Crippen LogP contribution >= 0.6 is 0 Å². The highest BCUT2D eigenvalue weighted by molar-refractivity contribution is 5.87. The number of nitrogens with one attached hydrogen (secondary N) is 1. The van der Waals surface area contributed by atoms with Gasteiger partial charge in [0.2, 0.25) is 0 Å². The van der Waals surface area contributed by atoms with Crippen molar-refractivity contribution in [1.82, 2.24) is 4.98 Å². The number of methoxy groups -OCH3 is 2. The summed E-state index contributed by atoms with van der Waals surface area (Å²) in [7, 11) is 3.22. The summed E-state index contributed by atoms with van der Waals surface area (Å²) < 4.78 is 10.5. The summed E-state index contributed by atoms with van der Waals surface area (Å²) in [6.07, 6.45) is 3.46. The molecule has 26 heavy (non-hydrogen) atoms. The van der Waals surface area contributed by atoms with Gasteiger partial charge in [0.1, 0.15) is 17.3 Å². The molecule has 0 radical (unpaired) electrons. The first-order valence-electron chi connectivity index (χ1n) is 8.66. The Morgan fingerprint density at radius 2 is 1.81 bits per heavy atom. The molecule has 0 aliphatic rings. The van der Waals surface area contributed by atoms with E-state index in [9.17, 15) is 4.79 Å². The van der Waals surface area contributed by atoms with Crippen LogP contribution in [0.25, 0.3) is 10.9 Å². The summed E-state index contributed by atoms with van der Waals surface area (Å²) in [5, 5.41) is 1.12. The van der Waals surface area contributed by atoms with Crippen LogP contribution < -0.4 is 15.2 Å². The average Bonchev–Trinajstić information content (AvgIpc) is 3.08. The van der Waals surface area contributed by atoms with Gasteiger partial charge in [0.25, 0.3) is 0 Å². The molecule has 0 aliphatic carbocycles. The van der Waals surface area contributed by atoms with E-state index >= 15 is 0 Å². The van der Waals surface area contributed by atoms with E-state index in [1.807, 2.05) is 48.7 Å². The maximum atomic E-state index is 12.5. The molecule has 5 heteroatoms. The zero-order valence-electron chi connectivity index (χ0n) is 15.1. The minimum Gasteiger partial charge on any atom is -0.497 e. The van der Waals surface area contributed by atoms with Crippen LogP contribution in [0.2, 0.25) is 0 Å². The van der Waals surface area contributed by atoms with Crippen LogP contribution in [0.4, 0.5) is 0 Å². The second kappa shape index (κ2) is 8.06. The number of rotatable bonds is 8. The molecular weight excluding hydrogens is 328 g/mol. The summed E-state index contributed by atoms with van der Waals surface area (Å²) in [4.78, 5) is 15.7. The van der Waals surface area contributed by atoms with Crippen LogP contribution in [0, 0.1) is 0 Å². The third-order valence-electron chi connectivity index (χ3n) is 4.60. The number of benzene rings is 2. The van der Waals surface area contributed by atoms with Gasteiger partial charge in [-0.3, -0.25) is 4.79 Å². The first-order valence-corrected chi connectivity index (χ1v) is 8.66. The van der Waals surface area contributed by atoms with Crippen molar-refractivity contribution >= 4 is 16.7 Å². The Morgan fingerprint density at radius 3 is 2.50 bits per heavy atom. The summed E-state index contributed by atoms with van der Waals surface area (Å²) in [5.41, 5.74) is 9.29. The van der Waals surface area contributed by atoms with Gasteiger partial charge < -0.3 is 20.2 Å². The van der Waals surface area contributed by atoms with Crippen molar-refractivity contribution in [2.75, 3.05) is 14.2 Å². The van der Waals surface area contributed by atoms with E-state index in [2.05, 4.69) is 4.98 Å². The fourth-order valence-corrected chi connectivity index (χ4v) is 3.11. The molecule has 1 unspecified atom stereocenters. The third-order valence-corrected chi connectivity index (χ3v) is 4.60. The van der Waals surface area contributed by atoms with Crippen molar-refractivity contribution in [3.8, 4) is 11.5 Å². The number of hydrogen-bond acceptors (Lipinski definition) is 4. The Labute approximate surface area is 153 Å². The van der Waals surface area contributed by atoms with Gasteiger partial charge in [-0.2, -0.15) is 0 Å². The number of H-pyrrole nitrogens is 1. The van der Waals surface area contributed by atoms with Crippen molar-refractivity contribution < 1.29 is 14.3 Å². The second-order valence-electron chi connectivity index (χ2n) is 6.36. The van der Waals surface area contributed by atoms with Crippen LogP contribution in [0.5, 0.6) is 11.5 Å². The average molecular weight is 352 g/mol. The van der Waals surface area contributed by atoms with Gasteiger partial charge in [0, 0.05) is 29.6 Å². The Kier molecular flexibility index (Phi) is 5.58. The molecule has 1 heterocycles. The molecule has 1 aromatic heterocycles. The van der Waals surface area contributed by atoms with E-state index in [1.54, 1.807) is 14.2 Å². The lowest BCUT2D eigenvalue weighted by atomic mass is 9.98.